The summed E-state index contributed by atoms with van der Waals surface area (Å²) in [5.41, 5.74) is 1.93. The molecule has 5 nitrogen and oxygen atoms in total. The van der Waals surface area contributed by atoms with Crippen LogP contribution in [0.2, 0.25) is 0 Å². The Kier molecular flexibility index (Phi) is 2.61. The van der Waals surface area contributed by atoms with E-state index in [0.29, 0.717) is 11.0 Å². The summed E-state index contributed by atoms with van der Waals surface area (Å²) < 4.78 is 0. The van der Waals surface area contributed by atoms with Crippen molar-refractivity contribution in [2.45, 2.75) is 27.7 Å². The van der Waals surface area contributed by atoms with Crippen molar-refractivity contribution in [1.29, 1.82) is 0 Å². The Hall–Kier alpha value is -1.91. The maximum absolute atomic E-state index is 11.7. The molecule has 0 saturated heterocycles. The van der Waals surface area contributed by atoms with Gasteiger partial charge in [-0.3, -0.25) is 0 Å². The zero-order chi connectivity index (χ0) is 12.6. The number of carbonyl (C=O) groups excluding carboxylic acids is 1. The van der Waals surface area contributed by atoms with E-state index in [2.05, 4.69) is 10.3 Å². The van der Waals surface area contributed by atoms with Gasteiger partial charge in [0.15, 0.2) is 0 Å². The molecule has 0 unspecified atom stereocenters. The van der Waals surface area contributed by atoms with E-state index in [1.807, 2.05) is 25.1 Å². The number of benzene rings is 1. The van der Waals surface area contributed by atoms with Gasteiger partial charge in [-0.25, -0.2) is 4.79 Å². The lowest BCUT2D eigenvalue weighted by Gasteiger charge is -2.15. The molecule has 0 spiro atoms. The van der Waals surface area contributed by atoms with Crippen LogP contribution in [0.4, 0.5) is 0 Å². The van der Waals surface area contributed by atoms with E-state index in [-0.39, 0.29) is 5.97 Å². The lowest BCUT2D eigenvalue weighted by Crippen LogP contribution is -2.31. The Bertz CT molecular complexity index is 567. The maximum Gasteiger partial charge on any atom is 0.340 e. The highest BCUT2D eigenvalue weighted by Crippen LogP contribution is 2.16. The molecule has 0 N–H and O–H groups in total. The highest BCUT2D eigenvalue weighted by molar-refractivity contribution is 5.78. The normalized spacial score (nSPS) is 11.8. The molecule has 0 aliphatic carbocycles. The van der Waals surface area contributed by atoms with Crippen molar-refractivity contribution in [1.82, 2.24) is 15.2 Å². The maximum atomic E-state index is 11.7. The predicted octanol–water partition coefficient (Wildman–Crippen LogP) is 1.74. The summed E-state index contributed by atoms with van der Waals surface area (Å²) in [5.74, 6) is -0.343. The molecule has 2 aromatic rings. The second kappa shape index (κ2) is 3.84. The van der Waals surface area contributed by atoms with Gasteiger partial charge in [0.05, 0.1) is 5.41 Å². The van der Waals surface area contributed by atoms with E-state index in [1.54, 1.807) is 20.8 Å². The van der Waals surface area contributed by atoms with Crippen molar-refractivity contribution in [3.63, 3.8) is 0 Å². The zero-order valence-electron chi connectivity index (χ0n) is 10.4. The second-order valence-electron chi connectivity index (χ2n) is 5.08. The summed E-state index contributed by atoms with van der Waals surface area (Å²) in [4.78, 5) is 18.1. The molecule has 1 heterocycles. The average Bonchev–Trinajstić information content (AvgIpc) is 2.59. The van der Waals surface area contributed by atoms with Gasteiger partial charge in [0, 0.05) is 0 Å². The van der Waals surface area contributed by atoms with Gasteiger partial charge in [0.25, 0.3) is 0 Å². The molecule has 0 atom stereocenters. The van der Waals surface area contributed by atoms with Gasteiger partial charge in [0.2, 0.25) is 0 Å². The summed E-state index contributed by atoms with van der Waals surface area (Å²) >= 11 is 0. The summed E-state index contributed by atoms with van der Waals surface area (Å²) in [6.45, 7) is 7.34. The van der Waals surface area contributed by atoms with Gasteiger partial charge in [-0.05, 0) is 50.6 Å². The van der Waals surface area contributed by atoms with Crippen LogP contribution in [0.15, 0.2) is 18.2 Å². The van der Waals surface area contributed by atoms with Crippen LogP contribution in [-0.4, -0.2) is 21.1 Å². The van der Waals surface area contributed by atoms with E-state index in [1.165, 1.54) is 4.85 Å². The monoisotopic (exact) mass is 233 g/mol. The van der Waals surface area contributed by atoms with E-state index in [9.17, 15) is 4.79 Å². The lowest BCUT2D eigenvalue weighted by molar-refractivity contribution is -0.154. The minimum absolute atomic E-state index is 0.343. The third-order valence-corrected chi connectivity index (χ3v) is 2.35. The number of hydrogen-bond donors (Lipinski definition) is 0. The van der Waals surface area contributed by atoms with Crippen LogP contribution >= 0.6 is 0 Å². The van der Waals surface area contributed by atoms with Gasteiger partial charge in [-0.15, -0.1) is 5.10 Å². The molecule has 2 rings (SSSR count). The molecular formula is C12H15N3O2. The van der Waals surface area contributed by atoms with Crippen LogP contribution in [0.5, 0.6) is 0 Å². The number of aryl methyl sites for hydroxylation is 1. The Labute approximate surface area is 99.3 Å². The molecule has 0 aliphatic heterocycles. The van der Waals surface area contributed by atoms with Crippen LogP contribution in [0.1, 0.15) is 26.3 Å². The number of fused-ring (bicyclic) bond motifs is 1. The van der Waals surface area contributed by atoms with Crippen molar-refractivity contribution < 1.29 is 9.63 Å². The Balaban J connectivity index is 2.35. The number of carbonyl (C=O) groups is 1. The van der Waals surface area contributed by atoms with E-state index in [0.717, 1.165) is 5.56 Å². The molecule has 5 heteroatoms. The first-order valence-corrected chi connectivity index (χ1v) is 5.43. The third kappa shape index (κ3) is 2.27. The highest BCUT2D eigenvalue weighted by atomic mass is 16.7. The van der Waals surface area contributed by atoms with Crippen molar-refractivity contribution in [2.75, 3.05) is 0 Å². The minimum Gasteiger partial charge on any atom is -0.317 e. The van der Waals surface area contributed by atoms with Crippen LogP contribution < -0.4 is 4.84 Å². The molecule has 0 bridgehead atoms. The van der Waals surface area contributed by atoms with Gasteiger partial charge in [-0.1, -0.05) is 10.9 Å². The van der Waals surface area contributed by atoms with Gasteiger partial charge in [-0.2, -0.15) is 0 Å². The molecular weight excluding hydrogens is 218 g/mol. The molecule has 1 aromatic carbocycles. The van der Waals surface area contributed by atoms with Crippen LogP contribution in [0.3, 0.4) is 0 Å². The number of hydrogen-bond acceptors (Lipinski definition) is 4. The number of aromatic nitrogens is 3. The van der Waals surface area contributed by atoms with Crippen LogP contribution in [0, 0.1) is 12.3 Å². The molecule has 17 heavy (non-hydrogen) atoms. The minimum atomic E-state index is -0.566. The topological polar surface area (TPSA) is 57.0 Å². The molecule has 1 aromatic heterocycles. The fraction of sp³-hybridized carbons (Fsp3) is 0.417. The van der Waals surface area contributed by atoms with Crippen LogP contribution in [0.25, 0.3) is 11.0 Å². The summed E-state index contributed by atoms with van der Waals surface area (Å²) in [5, 5.41) is 7.76. The van der Waals surface area contributed by atoms with E-state index < -0.39 is 5.41 Å². The first-order chi connectivity index (χ1) is 7.88. The van der Waals surface area contributed by atoms with Crippen molar-refractivity contribution in [2.24, 2.45) is 5.41 Å². The van der Waals surface area contributed by atoms with E-state index >= 15 is 0 Å². The quantitative estimate of drug-likeness (QED) is 0.704. The summed E-state index contributed by atoms with van der Waals surface area (Å²) in [7, 11) is 0. The molecule has 90 valence electrons. The highest BCUT2D eigenvalue weighted by Gasteiger charge is 2.25. The lowest BCUT2D eigenvalue weighted by atomic mass is 9.98. The number of rotatable bonds is 1. The van der Waals surface area contributed by atoms with Crippen molar-refractivity contribution in [3.8, 4) is 0 Å². The molecule has 0 saturated carbocycles. The standard InChI is InChI=1S/C12H15N3O2/c1-8-5-6-10-9(7-8)13-14-15(10)17-11(16)12(2,3)4/h5-7H,1-4H3. The van der Waals surface area contributed by atoms with Gasteiger partial charge >= 0.3 is 5.97 Å². The molecule has 0 radical (unpaired) electrons. The smallest absolute Gasteiger partial charge is 0.317 e. The van der Waals surface area contributed by atoms with Crippen molar-refractivity contribution in [3.05, 3.63) is 23.8 Å². The second-order valence-corrected chi connectivity index (χ2v) is 5.08. The summed E-state index contributed by atoms with van der Waals surface area (Å²) in [6.07, 6.45) is 0. The van der Waals surface area contributed by atoms with Crippen molar-refractivity contribution >= 4 is 17.0 Å². The third-order valence-electron chi connectivity index (χ3n) is 2.35. The Morgan fingerprint density at radius 2 is 2.06 bits per heavy atom. The fourth-order valence-corrected chi connectivity index (χ4v) is 1.30. The van der Waals surface area contributed by atoms with Crippen LogP contribution in [-0.2, 0) is 4.79 Å². The Morgan fingerprint density at radius 1 is 1.35 bits per heavy atom. The first kappa shape index (κ1) is 11.6. The van der Waals surface area contributed by atoms with Gasteiger partial charge < -0.3 is 4.84 Å². The Morgan fingerprint density at radius 3 is 2.71 bits per heavy atom. The molecule has 0 aliphatic rings. The molecule has 0 amide bonds. The average molecular weight is 233 g/mol. The predicted molar refractivity (Wildman–Crippen MR) is 63.3 cm³/mol. The largest absolute Gasteiger partial charge is 0.340 e. The SMILES string of the molecule is Cc1ccc2c(c1)nnn2OC(=O)C(C)(C)C. The van der Waals surface area contributed by atoms with Gasteiger partial charge in [0.1, 0.15) is 11.0 Å². The first-order valence-electron chi connectivity index (χ1n) is 5.43. The number of nitrogens with zero attached hydrogens (tertiary/aromatic N) is 3. The molecule has 0 fully saturated rings. The zero-order valence-corrected chi connectivity index (χ0v) is 10.4. The van der Waals surface area contributed by atoms with E-state index in [4.69, 9.17) is 4.84 Å². The fourth-order valence-electron chi connectivity index (χ4n) is 1.30. The summed E-state index contributed by atoms with van der Waals surface area (Å²) in [6, 6.07) is 5.65.